The third-order valence-corrected chi connectivity index (χ3v) is 3.32. The maximum Gasteiger partial charge on any atom is 0.540 e. The van der Waals surface area contributed by atoms with Crippen molar-refractivity contribution in [2.75, 3.05) is 19.8 Å². The Labute approximate surface area is 194 Å². The third-order valence-electron chi connectivity index (χ3n) is 3.32. The van der Waals surface area contributed by atoms with Crippen LogP contribution in [0.2, 0.25) is 0 Å². The highest BCUT2D eigenvalue weighted by atomic mass is 17.2. The summed E-state index contributed by atoms with van der Waals surface area (Å²) in [6, 6.07) is 0. The lowest BCUT2D eigenvalue weighted by atomic mass is 9.88. The van der Waals surface area contributed by atoms with Crippen LogP contribution in [-0.2, 0) is 43.5 Å². The van der Waals surface area contributed by atoms with Gasteiger partial charge in [0.1, 0.15) is 36.6 Å². The number of ether oxygens (including phenoxy) is 3. The van der Waals surface area contributed by atoms with Crippen molar-refractivity contribution in [3.05, 3.63) is 0 Å². The minimum absolute atomic E-state index is 0.251. The Kier molecular flexibility index (Phi) is 11.9. The van der Waals surface area contributed by atoms with Gasteiger partial charge in [0.25, 0.3) is 0 Å². The zero-order valence-corrected chi connectivity index (χ0v) is 21.2. The number of carbonyl (C=O) groups excluding carboxylic acids is 3. The van der Waals surface area contributed by atoms with Crippen LogP contribution >= 0.6 is 0 Å². The maximum absolute atomic E-state index is 11.9. The van der Waals surface area contributed by atoms with E-state index in [9.17, 15) is 14.4 Å². The first-order chi connectivity index (χ1) is 14.9. The molecule has 0 saturated carbocycles. The van der Waals surface area contributed by atoms with E-state index in [4.69, 9.17) is 28.9 Å². The molecule has 33 heavy (non-hydrogen) atoms. The highest BCUT2D eigenvalue weighted by molar-refractivity contribution is 5.60. The van der Waals surface area contributed by atoms with E-state index in [1.807, 2.05) is 0 Å². The van der Waals surface area contributed by atoms with E-state index in [-0.39, 0.29) is 26.2 Å². The first-order valence-electron chi connectivity index (χ1n) is 10.4. The molecule has 0 unspecified atom stereocenters. The van der Waals surface area contributed by atoms with Gasteiger partial charge in [-0.05, 0) is 68.7 Å². The van der Waals surface area contributed by atoms with E-state index in [0.717, 1.165) is 0 Å². The van der Waals surface area contributed by atoms with Crippen molar-refractivity contribution in [3.63, 3.8) is 0 Å². The van der Waals surface area contributed by atoms with Gasteiger partial charge >= 0.3 is 18.5 Å². The van der Waals surface area contributed by atoms with E-state index >= 15 is 0 Å². The standard InChI is InChI=1S/C21H38O12/c1-11-21(12-25-15(22)28-31-18(2,3)4,13-26-16(23)29-32-19(5,6)7)14-27-17(24)30-33-20(8,9)10/h11-14H2,1-10H3. The van der Waals surface area contributed by atoms with Gasteiger partial charge in [-0.15, -0.1) is 0 Å². The molecule has 0 aliphatic rings. The fourth-order valence-corrected chi connectivity index (χ4v) is 1.62. The molecule has 0 rings (SSSR count). The second-order valence-corrected chi connectivity index (χ2v) is 10.3. The Balaban J connectivity index is 5.10. The molecule has 194 valence electrons. The van der Waals surface area contributed by atoms with Gasteiger partial charge in [0, 0.05) is 0 Å². The number of rotatable bonds is 10. The molecule has 0 aliphatic carbocycles. The zero-order chi connectivity index (χ0) is 25.9. The van der Waals surface area contributed by atoms with Gasteiger partial charge in [-0.2, -0.15) is 14.7 Å². The molecule has 0 aromatic carbocycles. The van der Waals surface area contributed by atoms with E-state index < -0.39 is 40.7 Å². The van der Waals surface area contributed by atoms with Crippen molar-refractivity contribution in [1.29, 1.82) is 0 Å². The van der Waals surface area contributed by atoms with Crippen LogP contribution in [0.1, 0.15) is 75.7 Å². The van der Waals surface area contributed by atoms with Crippen molar-refractivity contribution >= 4 is 18.5 Å². The summed E-state index contributed by atoms with van der Waals surface area (Å²) in [4.78, 5) is 64.1. The molecule has 12 heteroatoms. The predicted molar refractivity (Wildman–Crippen MR) is 113 cm³/mol. The maximum atomic E-state index is 11.9. The molecule has 0 aromatic heterocycles. The molecule has 0 bridgehead atoms. The van der Waals surface area contributed by atoms with E-state index in [1.54, 1.807) is 69.2 Å². The molecule has 0 aromatic rings. The highest BCUT2D eigenvalue weighted by Gasteiger charge is 2.36. The summed E-state index contributed by atoms with van der Waals surface area (Å²) in [7, 11) is 0. The Morgan fingerprint density at radius 2 is 0.758 bits per heavy atom. The van der Waals surface area contributed by atoms with Crippen LogP contribution in [0.25, 0.3) is 0 Å². The van der Waals surface area contributed by atoms with Crippen LogP contribution in [0, 0.1) is 5.41 Å². The average Bonchev–Trinajstić information content (AvgIpc) is 2.67. The first-order valence-corrected chi connectivity index (χ1v) is 10.4. The largest absolute Gasteiger partial charge is 0.540 e. The lowest BCUT2D eigenvalue weighted by Gasteiger charge is -2.30. The van der Waals surface area contributed by atoms with Gasteiger partial charge in [-0.25, -0.2) is 14.4 Å². The van der Waals surface area contributed by atoms with Crippen LogP contribution in [0.4, 0.5) is 14.4 Å². The second-order valence-electron chi connectivity index (χ2n) is 10.3. The molecule has 0 heterocycles. The zero-order valence-electron chi connectivity index (χ0n) is 21.2. The van der Waals surface area contributed by atoms with Crippen molar-refractivity contribution in [2.24, 2.45) is 5.41 Å². The van der Waals surface area contributed by atoms with Crippen LogP contribution in [0.3, 0.4) is 0 Å². The minimum Gasteiger partial charge on any atom is -0.431 e. The predicted octanol–water partition coefficient (Wildman–Crippen LogP) is 5.03. The van der Waals surface area contributed by atoms with Crippen LogP contribution in [-0.4, -0.2) is 55.1 Å². The Morgan fingerprint density at radius 3 is 0.939 bits per heavy atom. The number of hydrogen-bond donors (Lipinski definition) is 0. The molecule has 0 aliphatic heterocycles. The molecular weight excluding hydrogens is 444 g/mol. The molecular formula is C21H38O12. The summed E-state index contributed by atoms with van der Waals surface area (Å²) in [6.45, 7) is 15.7. The monoisotopic (exact) mass is 482 g/mol. The lowest BCUT2D eigenvalue weighted by Crippen LogP contribution is -2.39. The molecule has 12 nitrogen and oxygen atoms in total. The van der Waals surface area contributed by atoms with Gasteiger partial charge in [0.05, 0.1) is 5.41 Å². The van der Waals surface area contributed by atoms with Gasteiger partial charge in [0.2, 0.25) is 0 Å². The molecule has 0 spiro atoms. The number of carbonyl (C=O) groups is 3. The Morgan fingerprint density at radius 1 is 0.515 bits per heavy atom. The fraction of sp³-hybridized carbons (Fsp3) is 0.857. The van der Waals surface area contributed by atoms with Crippen LogP contribution in [0.15, 0.2) is 0 Å². The average molecular weight is 483 g/mol. The summed E-state index contributed by atoms with van der Waals surface area (Å²) < 4.78 is 15.2. The van der Waals surface area contributed by atoms with Crippen molar-refractivity contribution in [2.45, 2.75) is 92.5 Å². The van der Waals surface area contributed by atoms with E-state index in [0.29, 0.717) is 0 Å². The molecule has 0 amide bonds. The fourth-order valence-electron chi connectivity index (χ4n) is 1.62. The van der Waals surface area contributed by atoms with Crippen molar-refractivity contribution in [3.8, 4) is 0 Å². The van der Waals surface area contributed by atoms with Crippen molar-refractivity contribution in [1.82, 2.24) is 0 Å². The Bertz CT molecular complexity index is 541. The third kappa shape index (κ3) is 16.9. The van der Waals surface area contributed by atoms with Gasteiger partial charge in [-0.1, -0.05) is 6.92 Å². The van der Waals surface area contributed by atoms with E-state index in [2.05, 4.69) is 14.7 Å². The quantitative estimate of drug-likeness (QED) is 0.179. The summed E-state index contributed by atoms with van der Waals surface area (Å²) in [6.07, 6.45) is -3.12. The van der Waals surface area contributed by atoms with Gasteiger partial charge in [-0.3, -0.25) is 14.7 Å². The highest BCUT2D eigenvalue weighted by Crippen LogP contribution is 2.25. The topological polar surface area (TPSA) is 134 Å². The van der Waals surface area contributed by atoms with Gasteiger partial charge in [0.15, 0.2) is 0 Å². The molecule has 0 fully saturated rings. The van der Waals surface area contributed by atoms with Crippen LogP contribution in [0.5, 0.6) is 0 Å². The summed E-state index contributed by atoms with van der Waals surface area (Å²) in [5.41, 5.74) is -3.41. The number of hydrogen-bond acceptors (Lipinski definition) is 12. The summed E-state index contributed by atoms with van der Waals surface area (Å²) in [5, 5.41) is 0. The molecule has 0 atom stereocenters. The van der Waals surface area contributed by atoms with Crippen molar-refractivity contribution < 1.29 is 57.9 Å². The summed E-state index contributed by atoms with van der Waals surface area (Å²) in [5.74, 6) is 0. The van der Waals surface area contributed by atoms with Crippen LogP contribution < -0.4 is 0 Å². The normalized spacial score (nSPS) is 12.5. The summed E-state index contributed by atoms with van der Waals surface area (Å²) >= 11 is 0. The molecule has 0 saturated heterocycles. The Hall–Kier alpha value is -2.31. The molecule has 0 radical (unpaired) electrons. The molecule has 0 N–H and O–H groups in total. The van der Waals surface area contributed by atoms with Gasteiger partial charge < -0.3 is 14.2 Å². The minimum atomic E-state index is -1.16. The van der Waals surface area contributed by atoms with E-state index in [1.165, 1.54) is 0 Å². The smallest absolute Gasteiger partial charge is 0.431 e. The second kappa shape index (κ2) is 12.8. The first kappa shape index (κ1) is 30.7. The lowest BCUT2D eigenvalue weighted by molar-refractivity contribution is -0.317. The SMILES string of the molecule is CCC(COC(=O)OOC(C)(C)C)(COC(=O)OOC(C)(C)C)COC(=O)OOC(C)(C)C.